The van der Waals surface area contributed by atoms with Gasteiger partial charge in [0.05, 0.1) is 19.3 Å². The van der Waals surface area contributed by atoms with E-state index in [1.54, 1.807) is 0 Å². The molecular formula is C12H21NO. The van der Waals surface area contributed by atoms with Gasteiger partial charge in [0.15, 0.2) is 0 Å². The van der Waals surface area contributed by atoms with Crippen molar-refractivity contribution < 1.29 is 4.74 Å². The number of nitrogens with one attached hydrogen (secondary N) is 1. The maximum Gasteiger partial charge on any atom is 0.0643 e. The average molecular weight is 195 g/mol. The predicted octanol–water partition coefficient (Wildman–Crippen LogP) is 2.09. The van der Waals surface area contributed by atoms with Gasteiger partial charge in [-0.05, 0) is 31.1 Å². The van der Waals surface area contributed by atoms with E-state index in [9.17, 15) is 0 Å². The Balaban J connectivity index is 1.57. The Labute approximate surface area is 86.4 Å². The summed E-state index contributed by atoms with van der Waals surface area (Å²) in [5.41, 5.74) is 0.716. The van der Waals surface area contributed by atoms with Crippen LogP contribution in [0.4, 0.5) is 0 Å². The van der Waals surface area contributed by atoms with Gasteiger partial charge in [-0.1, -0.05) is 19.3 Å². The maximum atomic E-state index is 5.22. The van der Waals surface area contributed by atoms with Crippen LogP contribution >= 0.6 is 0 Å². The summed E-state index contributed by atoms with van der Waals surface area (Å²) in [5, 5.41) is 3.79. The first-order valence-corrected chi connectivity index (χ1v) is 6.23. The summed E-state index contributed by atoms with van der Waals surface area (Å²) < 4.78 is 5.22. The van der Waals surface area contributed by atoms with Crippen molar-refractivity contribution in [2.75, 3.05) is 13.2 Å². The standard InChI is InChI=1S/C12H21NO/c1-2-5-12(6-3-1)7-4-11(12)13-10-8-14-9-10/h10-11,13H,1-9H2. The maximum absolute atomic E-state index is 5.22. The molecule has 0 radical (unpaired) electrons. The fraction of sp³-hybridized carbons (Fsp3) is 1.00. The highest BCUT2D eigenvalue weighted by atomic mass is 16.5. The van der Waals surface area contributed by atoms with Crippen LogP contribution in [0.1, 0.15) is 44.9 Å². The Morgan fingerprint density at radius 1 is 1.00 bits per heavy atom. The molecule has 0 amide bonds. The van der Waals surface area contributed by atoms with Gasteiger partial charge in [0.25, 0.3) is 0 Å². The molecule has 1 aliphatic heterocycles. The third-order valence-electron chi connectivity index (χ3n) is 4.59. The SMILES string of the molecule is C1CCC2(CC1)CCC2NC1COC1. The molecule has 2 nitrogen and oxygen atoms in total. The van der Waals surface area contributed by atoms with Crippen molar-refractivity contribution in [2.24, 2.45) is 5.41 Å². The summed E-state index contributed by atoms with van der Waals surface area (Å²) in [7, 11) is 0. The normalized spacial score (nSPS) is 36.4. The molecule has 1 saturated heterocycles. The largest absolute Gasteiger partial charge is 0.378 e. The second-order valence-electron chi connectivity index (χ2n) is 5.42. The summed E-state index contributed by atoms with van der Waals surface area (Å²) in [6.45, 7) is 1.90. The number of hydrogen-bond donors (Lipinski definition) is 1. The van der Waals surface area contributed by atoms with E-state index in [0.717, 1.165) is 19.3 Å². The third kappa shape index (κ3) is 1.40. The molecule has 3 rings (SSSR count). The fourth-order valence-electron chi connectivity index (χ4n) is 3.43. The second kappa shape index (κ2) is 3.49. The third-order valence-corrected chi connectivity index (χ3v) is 4.59. The molecule has 1 N–H and O–H groups in total. The quantitative estimate of drug-likeness (QED) is 0.728. The van der Waals surface area contributed by atoms with E-state index in [1.165, 1.54) is 44.9 Å². The monoisotopic (exact) mass is 195 g/mol. The van der Waals surface area contributed by atoms with Crippen LogP contribution in [0.5, 0.6) is 0 Å². The predicted molar refractivity (Wildman–Crippen MR) is 56.3 cm³/mol. The highest BCUT2D eigenvalue weighted by Crippen LogP contribution is 2.51. The van der Waals surface area contributed by atoms with Crippen molar-refractivity contribution in [3.05, 3.63) is 0 Å². The first-order valence-electron chi connectivity index (χ1n) is 6.23. The van der Waals surface area contributed by atoms with E-state index in [-0.39, 0.29) is 0 Å². The minimum Gasteiger partial charge on any atom is -0.378 e. The summed E-state index contributed by atoms with van der Waals surface area (Å²) in [4.78, 5) is 0. The smallest absolute Gasteiger partial charge is 0.0643 e. The van der Waals surface area contributed by atoms with E-state index >= 15 is 0 Å². The van der Waals surface area contributed by atoms with Crippen molar-refractivity contribution in [3.8, 4) is 0 Å². The molecule has 0 aromatic heterocycles. The van der Waals surface area contributed by atoms with Gasteiger partial charge in [0, 0.05) is 6.04 Å². The number of ether oxygens (including phenoxy) is 1. The van der Waals surface area contributed by atoms with Gasteiger partial charge in [-0.25, -0.2) is 0 Å². The van der Waals surface area contributed by atoms with Crippen LogP contribution in [-0.2, 0) is 4.74 Å². The van der Waals surface area contributed by atoms with Gasteiger partial charge in [-0.15, -0.1) is 0 Å². The Kier molecular flexibility index (Phi) is 2.29. The van der Waals surface area contributed by atoms with E-state index in [2.05, 4.69) is 5.32 Å². The average Bonchev–Trinajstić information content (AvgIpc) is 2.15. The zero-order chi connectivity index (χ0) is 9.43. The minimum atomic E-state index is 0.680. The topological polar surface area (TPSA) is 21.3 Å². The first-order chi connectivity index (χ1) is 6.89. The van der Waals surface area contributed by atoms with E-state index in [1.807, 2.05) is 0 Å². The van der Waals surface area contributed by atoms with Crippen LogP contribution in [0.25, 0.3) is 0 Å². The van der Waals surface area contributed by atoms with Crippen molar-refractivity contribution in [1.29, 1.82) is 0 Å². The molecule has 0 bridgehead atoms. The Morgan fingerprint density at radius 3 is 2.29 bits per heavy atom. The van der Waals surface area contributed by atoms with Crippen molar-refractivity contribution in [3.63, 3.8) is 0 Å². The molecule has 2 saturated carbocycles. The summed E-state index contributed by atoms with van der Waals surface area (Å²) in [6.07, 6.45) is 10.3. The molecule has 0 aromatic rings. The van der Waals surface area contributed by atoms with Gasteiger partial charge >= 0.3 is 0 Å². The van der Waals surface area contributed by atoms with E-state index < -0.39 is 0 Å². The van der Waals surface area contributed by atoms with Gasteiger partial charge in [-0.2, -0.15) is 0 Å². The Hall–Kier alpha value is -0.0800. The van der Waals surface area contributed by atoms with Crippen molar-refractivity contribution >= 4 is 0 Å². The summed E-state index contributed by atoms with van der Waals surface area (Å²) in [5.74, 6) is 0. The van der Waals surface area contributed by atoms with Gasteiger partial charge in [0.2, 0.25) is 0 Å². The molecule has 14 heavy (non-hydrogen) atoms. The fourth-order valence-corrected chi connectivity index (χ4v) is 3.43. The van der Waals surface area contributed by atoms with Crippen molar-refractivity contribution in [2.45, 2.75) is 57.0 Å². The molecule has 1 atom stereocenters. The lowest BCUT2D eigenvalue weighted by molar-refractivity contribution is -0.0489. The molecule has 2 aliphatic carbocycles. The summed E-state index contributed by atoms with van der Waals surface area (Å²) >= 11 is 0. The Morgan fingerprint density at radius 2 is 1.79 bits per heavy atom. The van der Waals surface area contributed by atoms with Gasteiger partial charge in [0.1, 0.15) is 0 Å². The molecule has 0 aromatic carbocycles. The van der Waals surface area contributed by atoms with Crippen molar-refractivity contribution in [1.82, 2.24) is 5.32 Å². The van der Waals surface area contributed by atoms with Crippen LogP contribution < -0.4 is 5.32 Å². The van der Waals surface area contributed by atoms with Crippen LogP contribution in [0.15, 0.2) is 0 Å². The molecule has 1 spiro atoms. The Bertz CT molecular complexity index is 206. The van der Waals surface area contributed by atoms with Crippen LogP contribution in [0.2, 0.25) is 0 Å². The molecule has 2 heteroatoms. The van der Waals surface area contributed by atoms with Crippen LogP contribution in [0, 0.1) is 5.41 Å². The van der Waals surface area contributed by atoms with E-state index in [4.69, 9.17) is 4.74 Å². The molecule has 3 aliphatic rings. The summed E-state index contributed by atoms with van der Waals surface area (Å²) in [6, 6.07) is 1.51. The lowest BCUT2D eigenvalue weighted by atomic mass is 9.57. The molecular weight excluding hydrogens is 174 g/mol. The number of hydrogen-bond acceptors (Lipinski definition) is 2. The van der Waals surface area contributed by atoms with Gasteiger partial charge in [-0.3, -0.25) is 0 Å². The minimum absolute atomic E-state index is 0.680. The number of rotatable bonds is 2. The lowest BCUT2D eigenvalue weighted by Gasteiger charge is -2.54. The van der Waals surface area contributed by atoms with Crippen LogP contribution in [0.3, 0.4) is 0 Å². The molecule has 80 valence electrons. The van der Waals surface area contributed by atoms with Gasteiger partial charge < -0.3 is 10.1 Å². The first kappa shape index (κ1) is 9.17. The molecule has 3 fully saturated rings. The van der Waals surface area contributed by atoms with Crippen LogP contribution in [-0.4, -0.2) is 25.3 Å². The zero-order valence-electron chi connectivity index (χ0n) is 8.93. The van der Waals surface area contributed by atoms with E-state index in [0.29, 0.717) is 11.5 Å². The lowest BCUT2D eigenvalue weighted by Crippen LogP contribution is -2.61. The highest BCUT2D eigenvalue weighted by Gasteiger charge is 2.47. The molecule has 1 unspecified atom stereocenters. The second-order valence-corrected chi connectivity index (χ2v) is 5.42. The zero-order valence-corrected chi connectivity index (χ0v) is 8.93. The molecule has 1 heterocycles. The highest BCUT2D eigenvalue weighted by molar-refractivity contribution is 5.03.